The van der Waals surface area contributed by atoms with Gasteiger partial charge in [0.15, 0.2) is 0 Å². The van der Waals surface area contributed by atoms with Crippen molar-refractivity contribution in [2.24, 2.45) is 5.14 Å². The first-order valence-corrected chi connectivity index (χ1v) is 9.36. The molecule has 0 fully saturated rings. The predicted octanol–water partition coefficient (Wildman–Crippen LogP) is 2.90. The molecule has 0 bridgehead atoms. The number of hydrogen-bond acceptors (Lipinski definition) is 3. The van der Waals surface area contributed by atoms with Crippen LogP contribution in [0.1, 0.15) is 28.7 Å². The van der Waals surface area contributed by atoms with Crippen molar-refractivity contribution < 1.29 is 8.42 Å². The first kappa shape index (κ1) is 16.0. The average molecular weight is 330 g/mol. The van der Waals surface area contributed by atoms with Gasteiger partial charge in [-0.3, -0.25) is 0 Å². The quantitative estimate of drug-likeness (QED) is 0.941. The largest absolute Gasteiger partial charge is 0.367 e. The van der Waals surface area contributed by atoms with E-state index in [1.165, 1.54) is 22.4 Å². The lowest BCUT2D eigenvalue weighted by molar-refractivity contribution is 0.595. The Balaban J connectivity index is 2.01. The van der Waals surface area contributed by atoms with E-state index in [4.69, 9.17) is 5.14 Å². The lowest BCUT2D eigenvalue weighted by Crippen LogP contribution is -2.30. The second-order valence-electron chi connectivity index (χ2n) is 6.26. The molecule has 1 aliphatic rings. The Bertz CT molecular complexity index is 844. The molecule has 1 heterocycles. The van der Waals surface area contributed by atoms with Gasteiger partial charge in [-0.15, -0.1) is 0 Å². The molecule has 0 amide bonds. The summed E-state index contributed by atoms with van der Waals surface area (Å²) in [5, 5.41) is 5.36. The Morgan fingerprint density at radius 1 is 1.17 bits per heavy atom. The summed E-state index contributed by atoms with van der Waals surface area (Å²) in [5.74, 6) is 0. The van der Waals surface area contributed by atoms with Crippen LogP contribution in [0.15, 0.2) is 41.3 Å². The summed E-state index contributed by atoms with van der Waals surface area (Å²) in [6.07, 6.45) is 2.16. The van der Waals surface area contributed by atoms with Gasteiger partial charge < -0.3 is 4.90 Å². The second-order valence-corrected chi connectivity index (χ2v) is 7.79. The number of nitrogens with two attached hydrogens (primary N) is 1. The molecule has 3 rings (SSSR count). The molecule has 0 atom stereocenters. The number of fused-ring (bicyclic) bond motifs is 1. The minimum atomic E-state index is -3.70. The van der Waals surface area contributed by atoms with Crippen LogP contribution in [0.2, 0.25) is 0 Å². The van der Waals surface area contributed by atoms with Gasteiger partial charge in [0.25, 0.3) is 0 Å². The van der Waals surface area contributed by atoms with Gasteiger partial charge in [0.05, 0.1) is 4.90 Å². The lowest BCUT2D eigenvalue weighted by Gasteiger charge is -2.33. The van der Waals surface area contributed by atoms with E-state index in [0.717, 1.165) is 24.9 Å². The van der Waals surface area contributed by atoms with Crippen molar-refractivity contribution in [1.29, 1.82) is 0 Å². The molecule has 0 aliphatic carbocycles. The molecule has 0 saturated heterocycles. The fourth-order valence-corrected chi connectivity index (χ4v) is 4.20. The summed E-state index contributed by atoms with van der Waals surface area (Å²) < 4.78 is 23.6. The number of benzene rings is 2. The number of nitrogens with zero attached hydrogens (tertiary/aromatic N) is 1. The molecule has 122 valence electrons. The number of aryl methyl sites for hydroxylation is 2. The van der Waals surface area contributed by atoms with Crippen LogP contribution in [0, 0.1) is 13.8 Å². The SMILES string of the molecule is Cc1cc(C)c2c(c1)N(Cc1ccccc1S(N)(=O)=O)CCC2. The van der Waals surface area contributed by atoms with Crippen molar-refractivity contribution in [3.8, 4) is 0 Å². The summed E-state index contributed by atoms with van der Waals surface area (Å²) in [6.45, 7) is 5.73. The van der Waals surface area contributed by atoms with Crippen LogP contribution in [0.25, 0.3) is 0 Å². The Labute approximate surface area is 138 Å². The number of sulfonamides is 1. The molecular weight excluding hydrogens is 308 g/mol. The summed E-state index contributed by atoms with van der Waals surface area (Å²) in [6, 6.07) is 11.4. The zero-order valence-electron chi connectivity index (χ0n) is 13.5. The Morgan fingerprint density at radius 3 is 2.65 bits per heavy atom. The van der Waals surface area contributed by atoms with E-state index in [-0.39, 0.29) is 4.90 Å². The zero-order chi connectivity index (χ0) is 16.6. The van der Waals surface area contributed by atoms with Crippen molar-refractivity contribution in [2.45, 2.75) is 38.1 Å². The van der Waals surface area contributed by atoms with Gasteiger partial charge >= 0.3 is 0 Å². The zero-order valence-corrected chi connectivity index (χ0v) is 14.4. The van der Waals surface area contributed by atoms with Crippen LogP contribution in [0.4, 0.5) is 5.69 Å². The maximum absolute atomic E-state index is 11.8. The molecular formula is C18H22N2O2S. The molecule has 0 aromatic heterocycles. The van der Waals surface area contributed by atoms with Crippen LogP contribution < -0.4 is 10.0 Å². The van der Waals surface area contributed by atoms with Gasteiger partial charge in [0.2, 0.25) is 10.0 Å². The van der Waals surface area contributed by atoms with Crippen molar-refractivity contribution in [1.82, 2.24) is 0 Å². The molecule has 0 spiro atoms. The maximum atomic E-state index is 11.8. The van der Waals surface area contributed by atoms with Gasteiger partial charge in [-0.2, -0.15) is 0 Å². The van der Waals surface area contributed by atoms with Gasteiger partial charge in [-0.05, 0) is 61.1 Å². The molecule has 4 nitrogen and oxygen atoms in total. The van der Waals surface area contributed by atoms with Gasteiger partial charge in [0, 0.05) is 18.8 Å². The predicted molar refractivity (Wildman–Crippen MR) is 93.1 cm³/mol. The third-order valence-electron chi connectivity index (χ3n) is 4.43. The highest BCUT2D eigenvalue weighted by Crippen LogP contribution is 2.32. The fraction of sp³-hybridized carbons (Fsp3) is 0.333. The second kappa shape index (κ2) is 5.98. The first-order chi connectivity index (χ1) is 10.9. The van der Waals surface area contributed by atoms with Crippen LogP contribution in [-0.2, 0) is 23.0 Å². The van der Waals surface area contributed by atoms with E-state index < -0.39 is 10.0 Å². The average Bonchev–Trinajstić information content (AvgIpc) is 2.47. The van der Waals surface area contributed by atoms with E-state index >= 15 is 0 Å². The molecule has 5 heteroatoms. The topological polar surface area (TPSA) is 63.4 Å². The summed E-state index contributed by atoms with van der Waals surface area (Å²) in [5.41, 5.74) is 5.88. The molecule has 2 aromatic rings. The van der Waals surface area contributed by atoms with Crippen LogP contribution >= 0.6 is 0 Å². The Hall–Kier alpha value is -1.85. The van der Waals surface area contributed by atoms with Crippen LogP contribution in [0.5, 0.6) is 0 Å². The highest BCUT2D eigenvalue weighted by molar-refractivity contribution is 7.89. The number of anilines is 1. The smallest absolute Gasteiger partial charge is 0.238 e. The first-order valence-electron chi connectivity index (χ1n) is 7.82. The minimum absolute atomic E-state index is 0.219. The number of hydrogen-bond donors (Lipinski definition) is 1. The number of primary sulfonamides is 1. The molecule has 2 aromatic carbocycles. The van der Waals surface area contributed by atoms with Crippen molar-refractivity contribution >= 4 is 15.7 Å². The molecule has 0 saturated carbocycles. The summed E-state index contributed by atoms with van der Waals surface area (Å²) in [4.78, 5) is 2.49. The molecule has 0 radical (unpaired) electrons. The van der Waals surface area contributed by atoms with Gasteiger partial charge in [-0.1, -0.05) is 24.3 Å². The van der Waals surface area contributed by atoms with E-state index in [2.05, 4.69) is 30.9 Å². The van der Waals surface area contributed by atoms with Crippen molar-refractivity contribution in [3.05, 3.63) is 58.7 Å². The van der Waals surface area contributed by atoms with Crippen LogP contribution in [0.3, 0.4) is 0 Å². The maximum Gasteiger partial charge on any atom is 0.238 e. The normalized spacial score (nSPS) is 14.7. The molecule has 0 unspecified atom stereocenters. The van der Waals surface area contributed by atoms with Gasteiger partial charge in [-0.25, -0.2) is 13.6 Å². The lowest BCUT2D eigenvalue weighted by atomic mass is 9.94. The van der Waals surface area contributed by atoms with E-state index in [0.29, 0.717) is 6.54 Å². The fourth-order valence-electron chi connectivity index (χ4n) is 3.43. The Kier molecular flexibility index (Phi) is 4.17. The van der Waals surface area contributed by atoms with Crippen LogP contribution in [-0.4, -0.2) is 15.0 Å². The van der Waals surface area contributed by atoms with E-state index in [1.807, 2.05) is 12.1 Å². The standard InChI is InChI=1S/C18H22N2O2S/c1-13-10-14(2)16-7-5-9-20(17(16)11-13)12-15-6-3-4-8-18(15)23(19,21)22/h3-4,6,8,10-11H,5,7,9,12H2,1-2H3,(H2,19,21,22). The highest BCUT2D eigenvalue weighted by Gasteiger charge is 2.21. The monoisotopic (exact) mass is 330 g/mol. The summed E-state index contributed by atoms with van der Waals surface area (Å²) >= 11 is 0. The number of rotatable bonds is 3. The van der Waals surface area contributed by atoms with E-state index in [9.17, 15) is 8.42 Å². The van der Waals surface area contributed by atoms with Gasteiger partial charge in [0.1, 0.15) is 0 Å². The van der Waals surface area contributed by atoms with Crippen molar-refractivity contribution in [2.75, 3.05) is 11.4 Å². The minimum Gasteiger partial charge on any atom is -0.367 e. The molecule has 2 N–H and O–H groups in total. The summed E-state index contributed by atoms with van der Waals surface area (Å²) in [7, 11) is -3.70. The van der Waals surface area contributed by atoms with E-state index in [1.54, 1.807) is 12.1 Å². The Morgan fingerprint density at radius 2 is 1.91 bits per heavy atom. The highest BCUT2D eigenvalue weighted by atomic mass is 32.2. The third kappa shape index (κ3) is 3.26. The molecule has 23 heavy (non-hydrogen) atoms. The molecule has 1 aliphatic heterocycles. The van der Waals surface area contributed by atoms with Crippen molar-refractivity contribution in [3.63, 3.8) is 0 Å². The third-order valence-corrected chi connectivity index (χ3v) is 5.44.